The summed E-state index contributed by atoms with van der Waals surface area (Å²) in [5.74, 6) is -0.857. The van der Waals surface area contributed by atoms with Crippen LogP contribution in [0.3, 0.4) is 0 Å². The predicted octanol–water partition coefficient (Wildman–Crippen LogP) is -1.96. The third-order valence-electron chi connectivity index (χ3n) is 22.2. The molecule has 33 atom stereocenters. The maximum absolute atomic E-state index is 13.7. The molecule has 0 aromatic carbocycles. The Bertz CT molecular complexity index is 2410. The summed E-state index contributed by atoms with van der Waals surface area (Å²) in [4.78, 5) is 13.7. The fraction of sp³-hybridized carbons (Fsp3) is 0.987. The SMILES string of the molecule is CCCCCCCCCCCCCCCCCCCCCCCC(O)C(=O)NC(COC1OC(COC2OCC(O)C(O)C2OC2OC(CO)C(O)C(OC3OC(C(O)CO)C(OC4OC(C(O)CO)C(O)C4O)C3OC3OC(C(O)CO)C(O)C3O)C2O)C(O)C(O)C1O)C(O)C(O)CCCCCCCCCCCC. The highest BCUT2D eigenvalue weighted by molar-refractivity contribution is 5.80. The molecule has 0 aromatic heterocycles. The van der Waals surface area contributed by atoms with Gasteiger partial charge in [0.1, 0.15) is 153 Å². The van der Waals surface area contributed by atoms with Gasteiger partial charge in [0.2, 0.25) is 5.91 Å². The lowest BCUT2D eigenvalue weighted by molar-refractivity contribution is -0.374. The summed E-state index contributed by atoms with van der Waals surface area (Å²) >= 11 is 0. The maximum Gasteiger partial charge on any atom is 0.249 e. The number of carbonyl (C=O) groups is 1. The molecule has 0 saturated carbocycles. The van der Waals surface area contributed by atoms with Gasteiger partial charge < -0.3 is 169 Å². The molecule has 33 unspecified atom stereocenters. The number of amides is 1. The lowest BCUT2D eigenvalue weighted by Crippen LogP contribution is -2.64. The van der Waals surface area contributed by atoms with Gasteiger partial charge in [-0.1, -0.05) is 213 Å². The van der Waals surface area contributed by atoms with E-state index in [1.165, 1.54) is 116 Å². The largest absolute Gasteiger partial charge is 0.394 e. The lowest BCUT2D eigenvalue weighted by atomic mass is 9.98. The zero-order valence-corrected chi connectivity index (χ0v) is 65.0. The number of nitrogens with one attached hydrogen (secondary N) is 1. The Morgan fingerprint density at radius 3 is 1.23 bits per heavy atom. The Balaban J connectivity index is 1.08. The first-order chi connectivity index (χ1) is 53.4. The molecule has 6 aliphatic heterocycles. The lowest BCUT2D eigenvalue weighted by Gasteiger charge is -2.46. The number of aliphatic hydroxyl groups is 21. The van der Waals surface area contributed by atoms with E-state index in [2.05, 4.69) is 19.2 Å². The minimum atomic E-state index is -2.30. The highest BCUT2D eigenvalue weighted by atomic mass is 16.8. The molecule has 0 aliphatic carbocycles. The number of hydrogen-bond donors (Lipinski definition) is 22. The number of aliphatic hydroxyl groups excluding tert-OH is 21. The molecule has 35 nitrogen and oxygen atoms in total. The Kier molecular flexibility index (Phi) is 46.7. The van der Waals surface area contributed by atoms with Crippen LogP contribution in [0.15, 0.2) is 0 Å². The molecule has 0 spiro atoms. The van der Waals surface area contributed by atoms with Crippen molar-refractivity contribution in [2.45, 2.75) is 428 Å². The van der Waals surface area contributed by atoms with Crippen LogP contribution in [0.1, 0.15) is 226 Å². The fourth-order valence-electron chi connectivity index (χ4n) is 15.1. The van der Waals surface area contributed by atoms with Gasteiger partial charge in [-0.15, -0.1) is 0 Å². The molecule has 6 rings (SSSR count). The zero-order valence-electron chi connectivity index (χ0n) is 65.0. The first-order valence-corrected chi connectivity index (χ1v) is 41.4. The highest BCUT2D eigenvalue weighted by Gasteiger charge is 2.60. The van der Waals surface area contributed by atoms with Gasteiger partial charge in [0.05, 0.1) is 58.4 Å². The van der Waals surface area contributed by atoms with Crippen molar-refractivity contribution in [3.8, 4) is 0 Å². The summed E-state index contributed by atoms with van der Waals surface area (Å²) in [5, 5.41) is 232. The van der Waals surface area contributed by atoms with Crippen LogP contribution in [0.4, 0.5) is 0 Å². The van der Waals surface area contributed by atoms with Crippen LogP contribution in [0.2, 0.25) is 0 Å². The van der Waals surface area contributed by atoms with E-state index in [9.17, 15) is 112 Å². The Hall–Kier alpha value is -1.85. The number of carbonyl (C=O) groups excluding carboxylic acids is 1. The highest BCUT2D eigenvalue weighted by Crippen LogP contribution is 2.40. The molecule has 6 aliphatic rings. The van der Waals surface area contributed by atoms with Crippen LogP contribution >= 0.6 is 0 Å². The van der Waals surface area contributed by atoms with E-state index in [0.29, 0.717) is 12.8 Å². The van der Waals surface area contributed by atoms with Crippen molar-refractivity contribution in [3.63, 3.8) is 0 Å². The van der Waals surface area contributed by atoms with Crippen molar-refractivity contribution in [1.29, 1.82) is 0 Å². The van der Waals surface area contributed by atoms with Crippen LogP contribution in [-0.4, -0.2) is 362 Å². The van der Waals surface area contributed by atoms with E-state index in [1.54, 1.807) is 0 Å². The second kappa shape index (κ2) is 52.9. The monoisotopic (exact) mass is 1610 g/mol. The molecule has 0 radical (unpaired) electrons. The van der Waals surface area contributed by atoms with Crippen LogP contribution in [0.25, 0.3) is 0 Å². The molecule has 0 aromatic rings. The van der Waals surface area contributed by atoms with E-state index in [0.717, 1.165) is 70.6 Å². The number of hydrogen-bond acceptors (Lipinski definition) is 34. The Morgan fingerprint density at radius 1 is 0.369 bits per heavy atom. The van der Waals surface area contributed by atoms with Crippen molar-refractivity contribution >= 4 is 5.91 Å². The first kappa shape index (κ1) is 98.0. The van der Waals surface area contributed by atoms with Crippen LogP contribution in [-0.2, 0) is 61.6 Å². The van der Waals surface area contributed by atoms with Crippen molar-refractivity contribution in [2.75, 3.05) is 46.2 Å². The van der Waals surface area contributed by atoms with Crippen LogP contribution < -0.4 is 5.32 Å². The smallest absolute Gasteiger partial charge is 0.249 e. The summed E-state index contributed by atoms with van der Waals surface area (Å²) in [7, 11) is 0. The minimum absolute atomic E-state index is 0.109. The molecular formula is C76H141NO34. The zero-order chi connectivity index (χ0) is 81.1. The molecule has 6 saturated heterocycles. The van der Waals surface area contributed by atoms with E-state index >= 15 is 0 Å². The fourth-order valence-corrected chi connectivity index (χ4v) is 15.1. The molecular weight excluding hydrogens is 1470 g/mol. The molecule has 654 valence electrons. The summed E-state index contributed by atoms with van der Waals surface area (Å²) in [6.45, 7) is -1.87. The predicted molar refractivity (Wildman–Crippen MR) is 391 cm³/mol. The number of unbranched alkanes of at least 4 members (excludes halogenated alkanes) is 29. The molecule has 1 amide bonds. The molecule has 0 bridgehead atoms. The number of rotatable bonds is 58. The van der Waals surface area contributed by atoms with Gasteiger partial charge in [0, 0.05) is 0 Å². The van der Waals surface area contributed by atoms with Gasteiger partial charge >= 0.3 is 0 Å². The average molecular weight is 1610 g/mol. The van der Waals surface area contributed by atoms with E-state index in [4.69, 9.17) is 56.8 Å². The van der Waals surface area contributed by atoms with Gasteiger partial charge in [-0.25, -0.2) is 0 Å². The maximum atomic E-state index is 13.7. The third-order valence-corrected chi connectivity index (χ3v) is 22.2. The van der Waals surface area contributed by atoms with E-state index < -0.39 is 255 Å². The van der Waals surface area contributed by atoms with Gasteiger partial charge in [-0.2, -0.15) is 0 Å². The minimum Gasteiger partial charge on any atom is -0.394 e. The molecule has 22 N–H and O–H groups in total. The summed E-state index contributed by atoms with van der Waals surface area (Å²) < 4.78 is 70.6. The van der Waals surface area contributed by atoms with Crippen LogP contribution in [0, 0.1) is 0 Å². The number of ether oxygens (including phenoxy) is 12. The molecule has 6 heterocycles. The third kappa shape index (κ3) is 30.4. The second-order valence-corrected chi connectivity index (χ2v) is 31.2. The van der Waals surface area contributed by atoms with Gasteiger partial charge in [-0.3, -0.25) is 4.79 Å². The average Bonchev–Trinajstić information content (AvgIpc) is 1.64. The first-order valence-electron chi connectivity index (χ1n) is 41.4. The van der Waals surface area contributed by atoms with E-state index in [-0.39, 0.29) is 12.8 Å². The van der Waals surface area contributed by atoms with Crippen molar-refractivity contribution in [2.24, 2.45) is 0 Å². The summed E-state index contributed by atoms with van der Waals surface area (Å²) in [5.41, 5.74) is 0. The topological polar surface area (TPSA) is 565 Å². The normalized spacial score (nSPS) is 36.0. The molecule has 6 fully saturated rings. The molecule has 111 heavy (non-hydrogen) atoms. The van der Waals surface area contributed by atoms with Crippen molar-refractivity contribution in [1.82, 2.24) is 5.32 Å². The van der Waals surface area contributed by atoms with Gasteiger partial charge in [0.25, 0.3) is 0 Å². The van der Waals surface area contributed by atoms with E-state index in [1.807, 2.05) is 0 Å². The standard InChI is InChI=1S/C76H141NO34/c1-3-5-7-9-11-13-15-16-17-18-19-20-21-22-23-24-25-27-29-31-33-35-45(83)70(99)77-43(52(88)44(82)34-32-30-28-26-14-12-10-8-6-4-2)40-100-71-59(95)56(92)54(90)51(104-71)42-102-75-67(53(89)49(87)41-101-75)109-74-62(98)66(55(91)50(39-81)103-74)108-76-69(111-73-61(97)58(94)64(106-73)47(85)37-79)68(65(107-76)48(86)38-80)110-72-60(96)57(93)63(105-72)46(84)36-78/h43-69,71-76,78-98H,3-42H2,1-2H3,(H,77,99). The van der Waals surface area contributed by atoms with Gasteiger partial charge in [0.15, 0.2) is 37.7 Å². The summed E-state index contributed by atoms with van der Waals surface area (Å²) in [6.07, 6.45) is -25.4. The second-order valence-electron chi connectivity index (χ2n) is 31.2. The van der Waals surface area contributed by atoms with Crippen molar-refractivity contribution in [3.05, 3.63) is 0 Å². The summed E-state index contributed by atoms with van der Waals surface area (Å²) in [6, 6.07) is -1.43. The van der Waals surface area contributed by atoms with Crippen LogP contribution in [0.5, 0.6) is 0 Å². The van der Waals surface area contributed by atoms with Gasteiger partial charge in [-0.05, 0) is 12.8 Å². The quantitative estimate of drug-likeness (QED) is 0.0294. The molecule has 35 heteroatoms. The van der Waals surface area contributed by atoms with Crippen molar-refractivity contribution < 1.29 is 169 Å². The Morgan fingerprint density at radius 2 is 0.766 bits per heavy atom. The Labute approximate surface area is 652 Å².